The number of aryl methyl sites for hydroxylation is 1. The highest BCUT2D eigenvalue weighted by Gasteiger charge is 2.16. The molecule has 0 unspecified atom stereocenters. The first-order chi connectivity index (χ1) is 11.9. The number of hydrogen-bond donors (Lipinski definition) is 2. The highest BCUT2D eigenvalue weighted by molar-refractivity contribution is 5.94. The van der Waals surface area contributed by atoms with Crippen molar-refractivity contribution in [1.82, 2.24) is 20.1 Å². The van der Waals surface area contributed by atoms with Gasteiger partial charge in [0, 0.05) is 29.8 Å². The summed E-state index contributed by atoms with van der Waals surface area (Å²) in [4.78, 5) is 12.2. The first-order valence-corrected chi connectivity index (χ1v) is 9.00. The summed E-state index contributed by atoms with van der Waals surface area (Å²) in [6.45, 7) is 7.57. The second-order valence-corrected chi connectivity index (χ2v) is 7.63. The summed E-state index contributed by atoms with van der Waals surface area (Å²) in [6, 6.07) is 7.54. The minimum atomic E-state index is -0.237. The summed E-state index contributed by atoms with van der Waals surface area (Å²) in [5, 5.41) is 15.0. The van der Waals surface area contributed by atoms with Crippen LogP contribution in [0.2, 0.25) is 0 Å². The fraction of sp³-hybridized carbons (Fsp3) is 0.526. The SMILES string of the molecule is CC(C)(C)NC(=O)c1ccc(NCc2nnc3n2CCCCC3)cc1. The van der Waals surface area contributed by atoms with Gasteiger partial charge in [0.2, 0.25) is 0 Å². The van der Waals surface area contributed by atoms with E-state index < -0.39 is 0 Å². The number of hydrogen-bond acceptors (Lipinski definition) is 4. The van der Waals surface area contributed by atoms with Crippen LogP contribution in [-0.4, -0.2) is 26.2 Å². The molecule has 1 aliphatic rings. The van der Waals surface area contributed by atoms with E-state index in [2.05, 4.69) is 25.4 Å². The van der Waals surface area contributed by atoms with E-state index in [1.165, 1.54) is 19.3 Å². The van der Waals surface area contributed by atoms with Crippen LogP contribution in [0.1, 0.15) is 62.0 Å². The van der Waals surface area contributed by atoms with E-state index in [9.17, 15) is 4.79 Å². The van der Waals surface area contributed by atoms with Crippen molar-refractivity contribution in [3.05, 3.63) is 41.5 Å². The Hall–Kier alpha value is -2.37. The lowest BCUT2D eigenvalue weighted by Gasteiger charge is -2.20. The normalized spacial score (nSPS) is 14.5. The van der Waals surface area contributed by atoms with Crippen LogP contribution in [0.15, 0.2) is 24.3 Å². The zero-order valence-electron chi connectivity index (χ0n) is 15.3. The molecule has 0 atom stereocenters. The van der Waals surface area contributed by atoms with Gasteiger partial charge in [-0.3, -0.25) is 4.79 Å². The van der Waals surface area contributed by atoms with Gasteiger partial charge < -0.3 is 15.2 Å². The summed E-state index contributed by atoms with van der Waals surface area (Å²) in [7, 11) is 0. The van der Waals surface area contributed by atoms with E-state index in [4.69, 9.17) is 0 Å². The summed E-state index contributed by atoms with van der Waals surface area (Å²) in [6.07, 6.45) is 4.66. The van der Waals surface area contributed by atoms with Crippen molar-refractivity contribution < 1.29 is 4.79 Å². The van der Waals surface area contributed by atoms with Gasteiger partial charge in [-0.15, -0.1) is 10.2 Å². The molecule has 6 heteroatoms. The van der Waals surface area contributed by atoms with E-state index in [-0.39, 0.29) is 11.4 Å². The number of amides is 1. The Morgan fingerprint density at radius 1 is 1.12 bits per heavy atom. The second-order valence-electron chi connectivity index (χ2n) is 7.63. The van der Waals surface area contributed by atoms with Gasteiger partial charge in [0.05, 0.1) is 6.54 Å². The summed E-state index contributed by atoms with van der Waals surface area (Å²) in [5.74, 6) is 2.02. The third-order valence-corrected chi connectivity index (χ3v) is 4.27. The van der Waals surface area contributed by atoms with E-state index >= 15 is 0 Å². The average Bonchev–Trinajstić information content (AvgIpc) is 2.78. The Balaban J connectivity index is 1.61. The first kappa shape index (κ1) is 17.5. The molecule has 1 aromatic carbocycles. The zero-order valence-corrected chi connectivity index (χ0v) is 15.3. The van der Waals surface area contributed by atoms with Crippen LogP contribution in [0.3, 0.4) is 0 Å². The van der Waals surface area contributed by atoms with Crippen LogP contribution in [0.4, 0.5) is 5.69 Å². The molecule has 0 bridgehead atoms. The lowest BCUT2D eigenvalue weighted by atomic mass is 10.1. The maximum Gasteiger partial charge on any atom is 0.251 e. The minimum absolute atomic E-state index is 0.0539. The molecule has 0 aliphatic carbocycles. The molecule has 1 aliphatic heterocycles. The molecule has 0 fully saturated rings. The number of aromatic nitrogens is 3. The molecule has 0 spiro atoms. The van der Waals surface area contributed by atoms with Crippen LogP contribution in [0.5, 0.6) is 0 Å². The maximum absolute atomic E-state index is 12.2. The van der Waals surface area contributed by atoms with Crippen molar-refractivity contribution in [1.29, 1.82) is 0 Å². The van der Waals surface area contributed by atoms with Crippen molar-refractivity contribution in [2.24, 2.45) is 0 Å². The number of nitrogens with zero attached hydrogens (tertiary/aromatic N) is 3. The smallest absolute Gasteiger partial charge is 0.251 e. The van der Waals surface area contributed by atoms with Gasteiger partial charge in [-0.1, -0.05) is 6.42 Å². The van der Waals surface area contributed by atoms with Gasteiger partial charge in [0.15, 0.2) is 5.82 Å². The van der Waals surface area contributed by atoms with Crippen molar-refractivity contribution in [2.75, 3.05) is 5.32 Å². The predicted octanol–water partition coefficient (Wildman–Crippen LogP) is 3.14. The lowest BCUT2D eigenvalue weighted by molar-refractivity contribution is 0.0919. The van der Waals surface area contributed by atoms with Gasteiger partial charge in [0.25, 0.3) is 5.91 Å². The largest absolute Gasteiger partial charge is 0.378 e. The third-order valence-electron chi connectivity index (χ3n) is 4.27. The van der Waals surface area contributed by atoms with Crippen LogP contribution >= 0.6 is 0 Å². The molecule has 3 rings (SSSR count). The Morgan fingerprint density at radius 2 is 1.88 bits per heavy atom. The summed E-state index contributed by atoms with van der Waals surface area (Å²) < 4.78 is 2.24. The molecule has 0 radical (unpaired) electrons. The lowest BCUT2D eigenvalue weighted by Crippen LogP contribution is -2.40. The molecule has 2 aromatic rings. The minimum Gasteiger partial charge on any atom is -0.378 e. The highest BCUT2D eigenvalue weighted by atomic mass is 16.1. The number of fused-ring (bicyclic) bond motifs is 1. The van der Waals surface area contributed by atoms with E-state index in [0.29, 0.717) is 12.1 Å². The molecule has 1 amide bonds. The molecular formula is C19H27N5O. The Kier molecular flexibility index (Phi) is 5.06. The number of anilines is 1. The number of carbonyl (C=O) groups is 1. The van der Waals surface area contributed by atoms with E-state index in [0.717, 1.165) is 30.3 Å². The number of rotatable bonds is 4. The molecule has 2 N–H and O–H groups in total. The Labute approximate surface area is 149 Å². The molecule has 0 saturated carbocycles. The van der Waals surface area contributed by atoms with Crippen molar-refractivity contribution >= 4 is 11.6 Å². The molecule has 25 heavy (non-hydrogen) atoms. The molecular weight excluding hydrogens is 314 g/mol. The van der Waals surface area contributed by atoms with Crippen LogP contribution < -0.4 is 10.6 Å². The second kappa shape index (κ2) is 7.25. The fourth-order valence-electron chi connectivity index (χ4n) is 3.01. The van der Waals surface area contributed by atoms with Gasteiger partial charge >= 0.3 is 0 Å². The van der Waals surface area contributed by atoms with Gasteiger partial charge in [-0.2, -0.15) is 0 Å². The molecule has 0 saturated heterocycles. The molecule has 2 heterocycles. The Bertz CT molecular complexity index is 727. The fourth-order valence-corrected chi connectivity index (χ4v) is 3.01. The van der Waals surface area contributed by atoms with Crippen molar-refractivity contribution in [2.45, 2.75) is 65.1 Å². The maximum atomic E-state index is 12.2. The standard InChI is InChI=1S/C19H27N5O/c1-19(2,3)21-18(25)14-8-10-15(11-9-14)20-13-17-23-22-16-7-5-4-6-12-24(16)17/h8-11,20H,4-7,12-13H2,1-3H3,(H,21,25). The predicted molar refractivity (Wildman–Crippen MR) is 98.6 cm³/mol. The van der Waals surface area contributed by atoms with E-state index in [1.54, 1.807) is 0 Å². The highest BCUT2D eigenvalue weighted by Crippen LogP contribution is 2.16. The molecule has 6 nitrogen and oxygen atoms in total. The summed E-state index contributed by atoms with van der Waals surface area (Å²) in [5.41, 5.74) is 1.40. The van der Waals surface area contributed by atoms with Crippen LogP contribution in [0, 0.1) is 0 Å². The average molecular weight is 341 g/mol. The number of carbonyl (C=O) groups excluding carboxylic acids is 1. The molecule has 134 valence electrons. The van der Waals surface area contributed by atoms with Crippen LogP contribution in [-0.2, 0) is 19.5 Å². The summed E-state index contributed by atoms with van der Waals surface area (Å²) >= 11 is 0. The number of benzene rings is 1. The van der Waals surface area contributed by atoms with E-state index in [1.807, 2.05) is 45.0 Å². The monoisotopic (exact) mass is 341 g/mol. The number of nitrogens with one attached hydrogen (secondary N) is 2. The first-order valence-electron chi connectivity index (χ1n) is 9.00. The zero-order chi connectivity index (χ0) is 17.9. The van der Waals surface area contributed by atoms with Gasteiger partial charge in [-0.05, 0) is 57.9 Å². The topological polar surface area (TPSA) is 71.8 Å². The van der Waals surface area contributed by atoms with Gasteiger partial charge in [-0.25, -0.2) is 0 Å². The third kappa shape index (κ3) is 4.59. The van der Waals surface area contributed by atoms with Gasteiger partial charge in [0.1, 0.15) is 5.82 Å². The Morgan fingerprint density at radius 3 is 2.60 bits per heavy atom. The molecule has 1 aromatic heterocycles. The van der Waals surface area contributed by atoms with Crippen LogP contribution in [0.25, 0.3) is 0 Å². The van der Waals surface area contributed by atoms with Crippen molar-refractivity contribution in [3.8, 4) is 0 Å². The van der Waals surface area contributed by atoms with Crippen molar-refractivity contribution in [3.63, 3.8) is 0 Å². The quantitative estimate of drug-likeness (QED) is 0.896.